The quantitative estimate of drug-likeness (QED) is 0.334. The zero-order valence-electron chi connectivity index (χ0n) is 26.7. The van der Waals surface area contributed by atoms with Gasteiger partial charge in [-0.25, -0.2) is 0 Å². The van der Waals surface area contributed by atoms with Crippen molar-refractivity contribution in [1.82, 2.24) is 9.80 Å². The second-order valence-electron chi connectivity index (χ2n) is 14.0. The Balaban J connectivity index is 1.49. The van der Waals surface area contributed by atoms with E-state index < -0.39 is 58.4 Å². The van der Waals surface area contributed by atoms with Gasteiger partial charge in [0.2, 0.25) is 5.91 Å². The molecule has 6 rings (SSSR count). The van der Waals surface area contributed by atoms with Crippen molar-refractivity contribution in [2.75, 3.05) is 34.3 Å². The fourth-order valence-electron chi connectivity index (χ4n) is 9.68. The van der Waals surface area contributed by atoms with E-state index in [1.54, 1.807) is 25.9 Å². The molecule has 5 atom stereocenters. The molecule has 1 saturated heterocycles. The molecule has 45 heavy (non-hydrogen) atoms. The van der Waals surface area contributed by atoms with Crippen LogP contribution < -0.4 is 5.73 Å². The third-order valence-electron chi connectivity index (χ3n) is 11.9. The number of primary amides is 1. The lowest BCUT2D eigenvalue weighted by Crippen LogP contribution is -2.58. The topological polar surface area (TPSA) is 113 Å². The van der Waals surface area contributed by atoms with Crippen molar-refractivity contribution < 1.29 is 37.4 Å². The maximum Gasteiger partial charge on any atom is 0.417 e. The molecule has 5 unspecified atom stereocenters. The van der Waals surface area contributed by atoms with Gasteiger partial charge >= 0.3 is 6.18 Å². The van der Waals surface area contributed by atoms with E-state index in [9.17, 15) is 32.7 Å². The van der Waals surface area contributed by atoms with Crippen molar-refractivity contribution in [3.8, 4) is 5.75 Å². The SMILES string of the molecule is CCC1(CC)CCN(Cc2cc(O)c3c(c2C(F)(F)F)CC2CC4C(N(C)C)C(=O)C(C(N)=O)C5=C(C)C54C(OC)=C2C3=O)C1. The molecular weight excluding hydrogens is 587 g/mol. The van der Waals surface area contributed by atoms with Crippen LogP contribution in [0.2, 0.25) is 0 Å². The minimum atomic E-state index is -4.76. The number of ether oxygens (including phenoxy) is 1. The summed E-state index contributed by atoms with van der Waals surface area (Å²) in [4.78, 5) is 44.3. The fourth-order valence-corrected chi connectivity index (χ4v) is 9.68. The van der Waals surface area contributed by atoms with Gasteiger partial charge in [-0.05, 0) is 93.8 Å². The van der Waals surface area contributed by atoms with E-state index >= 15 is 0 Å². The molecule has 0 bridgehead atoms. The summed E-state index contributed by atoms with van der Waals surface area (Å²) in [5.41, 5.74) is 4.81. The van der Waals surface area contributed by atoms with Crippen molar-refractivity contribution in [2.45, 2.75) is 71.6 Å². The minimum Gasteiger partial charge on any atom is -0.507 e. The van der Waals surface area contributed by atoms with Gasteiger partial charge in [-0.2, -0.15) is 13.2 Å². The fraction of sp³-hybridized carbons (Fsp3) is 0.618. The molecule has 1 aromatic carbocycles. The molecule has 5 aliphatic rings. The number of benzene rings is 1. The zero-order valence-corrected chi connectivity index (χ0v) is 26.7. The Morgan fingerprint density at radius 3 is 2.42 bits per heavy atom. The number of carbonyl (C=O) groups excluding carboxylic acids is 3. The summed E-state index contributed by atoms with van der Waals surface area (Å²) < 4.78 is 50.9. The van der Waals surface area contributed by atoms with Crippen LogP contribution in [0.25, 0.3) is 0 Å². The monoisotopic (exact) mass is 629 g/mol. The lowest BCUT2D eigenvalue weighted by molar-refractivity contribution is -0.139. The molecule has 1 aliphatic heterocycles. The largest absolute Gasteiger partial charge is 0.507 e. The molecule has 1 spiro atoms. The molecule has 1 heterocycles. The van der Waals surface area contributed by atoms with Gasteiger partial charge in [0.1, 0.15) is 17.4 Å². The third kappa shape index (κ3) is 4.28. The van der Waals surface area contributed by atoms with Crippen LogP contribution in [0.1, 0.15) is 73.5 Å². The predicted molar refractivity (Wildman–Crippen MR) is 160 cm³/mol. The molecule has 1 aromatic rings. The maximum absolute atomic E-state index is 15.0. The summed E-state index contributed by atoms with van der Waals surface area (Å²) in [6.07, 6.45) is -1.90. The molecule has 4 aliphatic carbocycles. The van der Waals surface area contributed by atoms with E-state index in [1.807, 2.05) is 4.90 Å². The van der Waals surface area contributed by atoms with Gasteiger partial charge in [-0.15, -0.1) is 0 Å². The van der Waals surface area contributed by atoms with Gasteiger partial charge in [0.05, 0.1) is 29.7 Å². The molecule has 0 aromatic heterocycles. The Morgan fingerprint density at radius 1 is 1.22 bits per heavy atom. The standard InChI is InChI=1S/C34H42F3N3O5/c1-7-32(8-2)9-10-40(15-32)14-18-13-21(41)23-19(26(18)34(35,36)37)11-17-12-20-27(39(4)5)29(43)24(31(38)44)25-16(3)33(20,25)30(45-6)22(17)28(23)42/h13,17,20,24,27,41H,7-12,14-15H2,1-6H3,(H2,38,44). The number of amides is 1. The Morgan fingerprint density at radius 2 is 1.89 bits per heavy atom. The second kappa shape index (κ2) is 10.4. The van der Waals surface area contributed by atoms with Crippen LogP contribution in [-0.4, -0.2) is 72.7 Å². The number of allylic oxidation sites excluding steroid dienone is 2. The first-order chi connectivity index (χ1) is 21.1. The highest BCUT2D eigenvalue weighted by Crippen LogP contribution is 2.73. The minimum absolute atomic E-state index is 0.0201. The molecule has 3 N–H and O–H groups in total. The van der Waals surface area contributed by atoms with Crippen LogP contribution >= 0.6 is 0 Å². The molecule has 1 amide bonds. The van der Waals surface area contributed by atoms with Gasteiger partial charge in [-0.3, -0.25) is 24.2 Å². The summed E-state index contributed by atoms with van der Waals surface area (Å²) in [6.45, 7) is 7.36. The molecule has 8 nitrogen and oxygen atoms in total. The average molecular weight is 630 g/mol. The number of phenolic OH excluding ortho intramolecular Hbond substituents is 1. The maximum atomic E-state index is 15.0. The number of hydrogen-bond donors (Lipinski definition) is 2. The number of carbonyl (C=O) groups is 3. The van der Waals surface area contributed by atoms with E-state index in [0.29, 0.717) is 18.7 Å². The van der Waals surface area contributed by atoms with Crippen LogP contribution in [-0.2, 0) is 33.5 Å². The summed E-state index contributed by atoms with van der Waals surface area (Å²) in [5.74, 6) is -4.38. The summed E-state index contributed by atoms with van der Waals surface area (Å²) >= 11 is 0. The summed E-state index contributed by atoms with van der Waals surface area (Å²) in [6, 6.07) is 0.354. The van der Waals surface area contributed by atoms with Crippen molar-refractivity contribution in [1.29, 1.82) is 0 Å². The molecular formula is C34H42F3N3O5. The van der Waals surface area contributed by atoms with E-state index in [1.165, 1.54) is 7.11 Å². The van der Waals surface area contributed by atoms with Crippen LogP contribution in [0.4, 0.5) is 13.2 Å². The van der Waals surface area contributed by atoms with Crippen molar-refractivity contribution in [3.05, 3.63) is 50.8 Å². The first kappa shape index (κ1) is 31.8. The number of likely N-dealkylation sites (tertiary alicyclic amines) is 1. The number of methoxy groups -OCH3 is 1. The first-order valence-corrected chi connectivity index (χ1v) is 15.8. The number of ketones is 2. The highest BCUT2D eigenvalue weighted by atomic mass is 19.4. The number of likely N-dealkylation sites (N-methyl/N-ethyl adjacent to an activating group) is 1. The summed E-state index contributed by atoms with van der Waals surface area (Å²) in [7, 11) is 4.84. The lowest BCUT2D eigenvalue weighted by Gasteiger charge is -2.50. The number of fused-ring (bicyclic) bond motifs is 2. The van der Waals surface area contributed by atoms with Gasteiger partial charge in [0, 0.05) is 24.6 Å². The normalized spacial score (nSPS) is 30.7. The first-order valence-electron chi connectivity index (χ1n) is 15.8. The number of phenols is 1. The number of hydrogen-bond acceptors (Lipinski definition) is 7. The van der Waals surface area contributed by atoms with Gasteiger partial charge in [-0.1, -0.05) is 19.4 Å². The highest BCUT2D eigenvalue weighted by Gasteiger charge is 2.73. The van der Waals surface area contributed by atoms with E-state index in [4.69, 9.17) is 10.5 Å². The number of nitrogens with zero attached hydrogens (tertiary/aromatic N) is 2. The number of alkyl halides is 3. The number of rotatable bonds is 7. The lowest BCUT2D eigenvalue weighted by atomic mass is 9.56. The van der Waals surface area contributed by atoms with E-state index in [-0.39, 0.29) is 58.6 Å². The Bertz CT molecular complexity index is 1570. The van der Waals surface area contributed by atoms with Gasteiger partial charge in [0.25, 0.3) is 0 Å². The number of Topliss-reactive ketones (excluding diaryl/α,β-unsaturated/α-hetero) is 2. The summed E-state index contributed by atoms with van der Waals surface area (Å²) in [5, 5.41) is 11.2. The van der Waals surface area contributed by atoms with Crippen LogP contribution in [0, 0.1) is 28.6 Å². The average Bonchev–Trinajstić information content (AvgIpc) is 3.32. The third-order valence-corrected chi connectivity index (χ3v) is 11.9. The van der Waals surface area contributed by atoms with Gasteiger partial charge in [0.15, 0.2) is 11.6 Å². The van der Waals surface area contributed by atoms with Crippen LogP contribution in [0.15, 0.2) is 28.5 Å². The van der Waals surface area contributed by atoms with Crippen molar-refractivity contribution in [3.63, 3.8) is 0 Å². The number of aromatic hydroxyl groups is 1. The Labute approximate surface area is 261 Å². The van der Waals surface area contributed by atoms with E-state index in [0.717, 1.165) is 30.9 Å². The molecule has 244 valence electrons. The van der Waals surface area contributed by atoms with Gasteiger partial charge < -0.3 is 15.6 Å². The number of nitrogens with two attached hydrogens (primary N) is 1. The van der Waals surface area contributed by atoms with Crippen molar-refractivity contribution in [2.24, 2.45) is 34.3 Å². The molecule has 0 radical (unpaired) electrons. The van der Waals surface area contributed by atoms with Crippen LogP contribution in [0.5, 0.6) is 5.75 Å². The second-order valence-corrected chi connectivity index (χ2v) is 14.0. The Kier molecular flexibility index (Phi) is 7.36. The Hall–Kier alpha value is -3.18. The molecule has 11 heteroatoms. The molecule has 2 fully saturated rings. The van der Waals surface area contributed by atoms with Crippen molar-refractivity contribution >= 4 is 17.5 Å². The smallest absolute Gasteiger partial charge is 0.417 e. The van der Waals surface area contributed by atoms with Crippen LogP contribution in [0.3, 0.4) is 0 Å². The zero-order chi connectivity index (χ0) is 33.0. The highest BCUT2D eigenvalue weighted by molar-refractivity contribution is 6.15. The number of halogens is 3. The predicted octanol–water partition coefficient (Wildman–Crippen LogP) is 4.63. The molecule has 1 saturated carbocycles. The van der Waals surface area contributed by atoms with E-state index in [2.05, 4.69) is 13.8 Å².